The SMILES string of the molecule is CC(C)(C)OC1CCC=CCCC1. The van der Waals surface area contributed by atoms with E-state index < -0.39 is 0 Å². The molecule has 1 atom stereocenters. The predicted molar refractivity (Wildman–Crippen MR) is 56.9 cm³/mol. The average molecular weight is 182 g/mol. The first-order valence-electron chi connectivity index (χ1n) is 5.41. The van der Waals surface area contributed by atoms with Crippen LogP contribution in [-0.2, 0) is 4.74 Å². The van der Waals surface area contributed by atoms with Crippen molar-refractivity contribution in [3.63, 3.8) is 0 Å². The van der Waals surface area contributed by atoms with Gasteiger partial charge in [-0.25, -0.2) is 0 Å². The van der Waals surface area contributed by atoms with Gasteiger partial charge in [0.1, 0.15) is 0 Å². The van der Waals surface area contributed by atoms with Gasteiger partial charge in [0.15, 0.2) is 0 Å². The summed E-state index contributed by atoms with van der Waals surface area (Å²) in [5.41, 5.74) is 0.0214. The second-order valence-electron chi connectivity index (χ2n) is 4.83. The van der Waals surface area contributed by atoms with Crippen LogP contribution in [0.2, 0.25) is 0 Å². The van der Waals surface area contributed by atoms with Crippen molar-refractivity contribution in [1.29, 1.82) is 0 Å². The lowest BCUT2D eigenvalue weighted by molar-refractivity contribution is -0.0665. The molecule has 13 heavy (non-hydrogen) atoms. The Labute approximate surface area is 82.2 Å². The Kier molecular flexibility index (Phi) is 3.98. The van der Waals surface area contributed by atoms with E-state index in [2.05, 4.69) is 32.9 Å². The number of allylic oxidation sites excluding steroid dienone is 2. The van der Waals surface area contributed by atoms with Crippen molar-refractivity contribution in [2.45, 2.75) is 64.6 Å². The van der Waals surface area contributed by atoms with E-state index in [9.17, 15) is 0 Å². The molecule has 0 aromatic rings. The highest BCUT2D eigenvalue weighted by Crippen LogP contribution is 2.20. The van der Waals surface area contributed by atoms with Crippen LogP contribution in [0, 0.1) is 0 Å². The van der Waals surface area contributed by atoms with Crippen LogP contribution in [-0.4, -0.2) is 11.7 Å². The average Bonchev–Trinajstić information content (AvgIpc) is 1.92. The molecule has 0 heterocycles. The first-order valence-corrected chi connectivity index (χ1v) is 5.41. The first-order chi connectivity index (χ1) is 6.08. The van der Waals surface area contributed by atoms with Crippen LogP contribution < -0.4 is 0 Å². The van der Waals surface area contributed by atoms with Crippen LogP contribution in [0.3, 0.4) is 0 Å². The lowest BCUT2D eigenvalue weighted by atomic mass is 10.0. The van der Waals surface area contributed by atoms with Gasteiger partial charge in [0.05, 0.1) is 11.7 Å². The van der Waals surface area contributed by atoms with Gasteiger partial charge in [-0.1, -0.05) is 12.2 Å². The third-order valence-electron chi connectivity index (χ3n) is 2.24. The summed E-state index contributed by atoms with van der Waals surface area (Å²) >= 11 is 0. The Bertz CT molecular complexity index is 164. The molecule has 0 N–H and O–H groups in total. The van der Waals surface area contributed by atoms with Gasteiger partial charge >= 0.3 is 0 Å². The summed E-state index contributed by atoms with van der Waals surface area (Å²) < 4.78 is 5.98. The summed E-state index contributed by atoms with van der Waals surface area (Å²) in [5.74, 6) is 0. The molecule has 1 rings (SSSR count). The number of hydrogen-bond donors (Lipinski definition) is 0. The van der Waals surface area contributed by atoms with E-state index in [0.29, 0.717) is 6.10 Å². The number of rotatable bonds is 1. The highest BCUT2D eigenvalue weighted by Gasteiger charge is 2.18. The van der Waals surface area contributed by atoms with E-state index in [-0.39, 0.29) is 5.60 Å². The molecule has 0 spiro atoms. The van der Waals surface area contributed by atoms with E-state index in [1.165, 1.54) is 32.1 Å². The van der Waals surface area contributed by atoms with Crippen molar-refractivity contribution in [1.82, 2.24) is 0 Å². The van der Waals surface area contributed by atoms with E-state index in [0.717, 1.165) is 0 Å². The molecular weight excluding hydrogens is 160 g/mol. The smallest absolute Gasteiger partial charge is 0.0602 e. The Hall–Kier alpha value is -0.300. The molecule has 1 nitrogen and oxygen atoms in total. The molecule has 0 saturated carbocycles. The van der Waals surface area contributed by atoms with Gasteiger partial charge in [-0.3, -0.25) is 0 Å². The molecule has 0 fully saturated rings. The zero-order valence-corrected chi connectivity index (χ0v) is 9.18. The van der Waals surface area contributed by atoms with Gasteiger partial charge in [0, 0.05) is 0 Å². The maximum atomic E-state index is 5.98. The van der Waals surface area contributed by atoms with Gasteiger partial charge in [0.25, 0.3) is 0 Å². The Morgan fingerprint density at radius 1 is 1.08 bits per heavy atom. The first kappa shape index (κ1) is 10.8. The summed E-state index contributed by atoms with van der Waals surface area (Å²) in [6.07, 6.45) is 11.2. The van der Waals surface area contributed by atoms with Gasteiger partial charge < -0.3 is 4.74 Å². The fraction of sp³-hybridized carbons (Fsp3) is 0.833. The lowest BCUT2D eigenvalue weighted by Crippen LogP contribution is -2.27. The van der Waals surface area contributed by atoms with Crippen molar-refractivity contribution in [3.05, 3.63) is 12.2 Å². The van der Waals surface area contributed by atoms with Crippen LogP contribution in [0.5, 0.6) is 0 Å². The van der Waals surface area contributed by atoms with Crippen molar-refractivity contribution >= 4 is 0 Å². The van der Waals surface area contributed by atoms with Gasteiger partial charge in [0.2, 0.25) is 0 Å². The summed E-state index contributed by atoms with van der Waals surface area (Å²) in [6.45, 7) is 6.42. The molecule has 1 unspecified atom stereocenters. The summed E-state index contributed by atoms with van der Waals surface area (Å²) in [5, 5.41) is 0. The molecule has 76 valence electrons. The largest absolute Gasteiger partial charge is 0.373 e. The van der Waals surface area contributed by atoms with Gasteiger partial charge in [-0.15, -0.1) is 0 Å². The van der Waals surface area contributed by atoms with E-state index in [1.807, 2.05) is 0 Å². The van der Waals surface area contributed by atoms with Gasteiger partial charge in [-0.05, 0) is 52.9 Å². The van der Waals surface area contributed by atoms with Crippen LogP contribution in [0.1, 0.15) is 52.9 Å². The molecule has 0 aromatic carbocycles. The zero-order valence-electron chi connectivity index (χ0n) is 9.18. The quantitative estimate of drug-likeness (QED) is 0.562. The molecular formula is C12H22O. The Morgan fingerprint density at radius 2 is 1.77 bits per heavy atom. The lowest BCUT2D eigenvalue weighted by Gasteiger charge is -2.28. The summed E-state index contributed by atoms with van der Waals surface area (Å²) in [6, 6.07) is 0. The minimum Gasteiger partial charge on any atom is -0.373 e. The van der Waals surface area contributed by atoms with Crippen molar-refractivity contribution in [2.24, 2.45) is 0 Å². The molecule has 1 aliphatic carbocycles. The Morgan fingerprint density at radius 3 is 2.46 bits per heavy atom. The monoisotopic (exact) mass is 182 g/mol. The molecule has 0 saturated heterocycles. The second kappa shape index (κ2) is 4.80. The van der Waals surface area contributed by atoms with Crippen LogP contribution >= 0.6 is 0 Å². The minimum atomic E-state index is 0.0214. The third-order valence-corrected chi connectivity index (χ3v) is 2.24. The molecule has 0 aliphatic heterocycles. The third kappa shape index (κ3) is 5.09. The second-order valence-corrected chi connectivity index (χ2v) is 4.83. The predicted octanol–water partition coefficient (Wildman–Crippen LogP) is 3.69. The van der Waals surface area contributed by atoms with Crippen molar-refractivity contribution in [2.75, 3.05) is 0 Å². The highest BCUT2D eigenvalue weighted by molar-refractivity contribution is 4.85. The van der Waals surface area contributed by atoms with E-state index in [4.69, 9.17) is 4.74 Å². The van der Waals surface area contributed by atoms with Crippen LogP contribution in [0.25, 0.3) is 0 Å². The van der Waals surface area contributed by atoms with Crippen LogP contribution in [0.15, 0.2) is 12.2 Å². The minimum absolute atomic E-state index is 0.0214. The summed E-state index contributed by atoms with van der Waals surface area (Å²) in [4.78, 5) is 0. The Balaban J connectivity index is 2.36. The van der Waals surface area contributed by atoms with Crippen molar-refractivity contribution < 1.29 is 4.74 Å². The molecule has 0 amide bonds. The maximum absolute atomic E-state index is 5.98. The molecule has 0 radical (unpaired) electrons. The standard InChI is InChI=1S/C12H22O/c1-12(2,3)13-11-9-7-5-4-6-8-10-11/h4-5,11H,6-10H2,1-3H3. The topological polar surface area (TPSA) is 9.23 Å². The number of hydrogen-bond acceptors (Lipinski definition) is 1. The maximum Gasteiger partial charge on any atom is 0.0602 e. The molecule has 0 bridgehead atoms. The molecule has 0 aromatic heterocycles. The molecule has 1 heteroatoms. The molecule has 1 aliphatic rings. The van der Waals surface area contributed by atoms with Gasteiger partial charge in [-0.2, -0.15) is 0 Å². The van der Waals surface area contributed by atoms with Crippen LogP contribution in [0.4, 0.5) is 0 Å². The number of ether oxygens (including phenoxy) is 1. The van der Waals surface area contributed by atoms with E-state index in [1.54, 1.807) is 0 Å². The summed E-state index contributed by atoms with van der Waals surface area (Å²) in [7, 11) is 0. The highest BCUT2D eigenvalue weighted by atomic mass is 16.5. The fourth-order valence-electron chi connectivity index (χ4n) is 1.74. The fourth-order valence-corrected chi connectivity index (χ4v) is 1.74. The van der Waals surface area contributed by atoms with Crippen molar-refractivity contribution in [3.8, 4) is 0 Å². The normalized spacial score (nSPS) is 25.3. The zero-order chi connectivity index (χ0) is 9.73. The van der Waals surface area contributed by atoms with E-state index >= 15 is 0 Å².